The molecular weight excluding hydrogens is 368 g/mol. The van der Waals surface area contributed by atoms with Crippen LogP contribution in [-0.2, 0) is 24.2 Å². The molecule has 2 aromatic rings. The van der Waals surface area contributed by atoms with E-state index in [1.165, 1.54) is 11.3 Å². The van der Waals surface area contributed by atoms with Crippen LogP contribution >= 0.6 is 0 Å². The third-order valence-electron chi connectivity index (χ3n) is 6.00. The van der Waals surface area contributed by atoms with Crippen molar-refractivity contribution in [3.05, 3.63) is 47.0 Å². The zero-order valence-electron chi connectivity index (χ0n) is 16.5. The Bertz CT molecular complexity index is 909. The molecular formula is C22H26N4O3. The van der Waals surface area contributed by atoms with Crippen LogP contribution < -0.4 is 14.8 Å². The van der Waals surface area contributed by atoms with Crippen LogP contribution in [0.2, 0.25) is 0 Å². The Kier molecular flexibility index (Phi) is 5.06. The summed E-state index contributed by atoms with van der Waals surface area (Å²) in [6.07, 6.45) is 5.18. The first-order valence-electron chi connectivity index (χ1n) is 10.5. The van der Waals surface area contributed by atoms with E-state index in [-0.39, 0.29) is 5.91 Å². The fraction of sp³-hybridized carbons (Fsp3) is 0.500. The SMILES string of the molecule is O=C(Cc1ccc2c(c1)OCCO2)N1CCC(c2ncc3c(n2)CCNC3)CC1. The minimum Gasteiger partial charge on any atom is -0.486 e. The van der Waals surface area contributed by atoms with E-state index in [4.69, 9.17) is 14.5 Å². The molecule has 0 unspecified atom stereocenters. The smallest absolute Gasteiger partial charge is 0.226 e. The normalized spacial score (nSPS) is 19.0. The molecule has 0 saturated carbocycles. The predicted molar refractivity (Wildman–Crippen MR) is 107 cm³/mol. The number of amides is 1. The van der Waals surface area contributed by atoms with Crippen LogP contribution in [0.15, 0.2) is 24.4 Å². The van der Waals surface area contributed by atoms with Crippen molar-refractivity contribution in [2.24, 2.45) is 0 Å². The molecule has 0 radical (unpaired) electrons. The summed E-state index contributed by atoms with van der Waals surface area (Å²) in [6, 6.07) is 5.77. The zero-order chi connectivity index (χ0) is 19.6. The molecule has 1 N–H and O–H groups in total. The fourth-order valence-electron chi connectivity index (χ4n) is 4.32. The van der Waals surface area contributed by atoms with Gasteiger partial charge in [-0.3, -0.25) is 4.79 Å². The molecule has 0 bridgehead atoms. The van der Waals surface area contributed by atoms with Crippen LogP contribution in [-0.4, -0.2) is 53.6 Å². The molecule has 1 amide bonds. The van der Waals surface area contributed by atoms with Crippen molar-refractivity contribution in [1.29, 1.82) is 0 Å². The van der Waals surface area contributed by atoms with Crippen molar-refractivity contribution in [3.63, 3.8) is 0 Å². The Morgan fingerprint density at radius 3 is 2.86 bits per heavy atom. The van der Waals surface area contributed by atoms with Gasteiger partial charge in [0.1, 0.15) is 19.0 Å². The number of ether oxygens (including phenoxy) is 2. The van der Waals surface area contributed by atoms with Crippen LogP contribution in [0.3, 0.4) is 0 Å². The molecule has 1 aromatic carbocycles. The largest absolute Gasteiger partial charge is 0.486 e. The second-order valence-corrected chi connectivity index (χ2v) is 7.94. The average molecular weight is 394 g/mol. The molecule has 3 aliphatic heterocycles. The lowest BCUT2D eigenvalue weighted by Crippen LogP contribution is -2.39. The van der Waals surface area contributed by atoms with Crippen LogP contribution in [0.25, 0.3) is 0 Å². The number of likely N-dealkylation sites (tertiary alicyclic amines) is 1. The minimum absolute atomic E-state index is 0.164. The first kappa shape index (κ1) is 18.4. The summed E-state index contributed by atoms with van der Waals surface area (Å²) in [5.41, 5.74) is 3.37. The highest BCUT2D eigenvalue weighted by Crippen LogP contribution is 2.31. The van der Waals surface area contributed by atoms with Gasteiger partial charge >= 0.3 is 0 Å². The number of nitrogens with one attached hydrogen (secondary N) is 1. The maximum Gasteiger partial charge on any atom is 0.226 e. The molecule has 3 aliphatic rings. The van der Waals surface area contributed by atoms with Gasteiger partial charge < -0.3 is 19.7 Å². The molecule has 29 heavy (non-hydrogen) atoms. The number of hydrogen-bond donors (Lipinski definition) is 1. The van der Waals surface area contributed by atoms with Gasteiger partial charge in [0, 0.05) is 56.0 Å². The van der Waals surface area contributed by atoms with Crippen molar-refractivity contribution >= 4 is 5.91 Å². The van der Waals surface area contributed by atoms with Crippen molar-refractivity contribution in [2.45, 2.75) is 38.1 Å². The molecule has 152 valence electrons. The van der Waals surface area contributed by atoms with Gasteiger partial charge in [0.2, 0.25) is 5.91 Å². The standard InChI is InChI=1S/C22H26N4O3/c27-21(12-15-1-2-19-20(11-15)29-10-9-28-19)26-7-4-16(5-8-26)22-24-14-17-13-23-6-3-18(17)25-22/h1-2,11,14,16,23H,3-10,12-13H2. The summed E-state index contributed by atoms with van der Waals surface area (Å²) >= 11 is 0. The molecule has 0 spiro atoms. The number of hydrogen-bond acceptors (Lipinski definition) is 6. The third-order valence-corrected chi connectivity index (χ3v) is 6.00. The highest BCUT2D eigenvalue weighted by molar-refractivity contribution is 5.79. The van der Waals surface area contributed by atoms with Gasteiger partial charge in [-0.1, -0.05) is 6.07 Å². The van der Waals surface area contributed by atoms with E-state index < -0.39 is 0 Å². The molecule has 1 aromatic heterocycles. The molecule has 1 saturated heterocycles. The fourth-order valence-corrected chi connectivity index (χ4v) is 4.32. The number of nitrogens with zero attached hydrogens (tertiary/aromatic N) is 3. The summed E-state index contributed by atoms with van der Waals surface area (Å²) in [7, 11) is 0. The Balaban J connectivity index is 1.19. The van der Waals surface area contributed by atoms with Crippen molar-refractivity contribution in [1.82, 2.24) is 20.2 Å². The van der Waals surface area contributed by atoms with E-state index in [2.05, 4.69) is 10.3 Å². The maximum atomic E-state index is 12.8. The van der Waals surface area contributed by atoms with Gasteiger partial charge in [0.05, 0.1) is 6.42 Å². The van der Waals surface area contributed by atoms with Crippen LogP contribution in [0.4, 0.5) is 0 Å². The Labute approximate surface area is 170 Å². The van der Waals surface area contributed by atoms with E-state index in [0.717, 1.165) is 68.3 Å². The zero-order valence-corrected chi connectivity index (χ0v) is 16.5. The molecule has 1 fully saturated rings. The quantitative estimate of drug-likeness (QED) is 0.856. The molecule has 0 atom stereocenters. The second-order valence-electron chi connectivity index (χ2n) is 7.94. The number of piperidine rings is 1. The van der Waals surface area contributed by atoms with E-state index in [1.807, 2.05) is 29.3 Å². The van der Waals surface area contributed by atoms with E-state index in [9.17, 15) is 4.79 Å². The van der Waals surface area contributed by atoms with Gasteiger partial charge in [-0.05, 0) is 30.5 Å². The van der Waals surface area contributed by atoms with Crippen LogP contribution in [0.1, 0.15) is 41.4 Å². The van der Waals surface area contributed by atoms with E-state index in [0.29, 0.717) is 25.6 Å². The lowest BCUT2D eigenvalue weighted by atomic mass is 9.95. The molecule has 7 nitrogen and oxygen atoms in total. The number of aromatic nitrogens is 2. The monoisotopic (exact) mass is 394 g/mol. The molecule has 4 heterocycles. The number of carbonyl (C=O) groups excluding carboxylic acids is 1. The number of fused-ring (bicyclic) bond motifs is 2. The third kappa shape index (κ3) is 3.92. The van der Waals surface area contributed by atoms with Crippen molar-refractivity contribution < 1.29 is 14.3 Å². The number of rotatable bonds is 3. The van der Waals surface area contributed by atoms with Gasteiger partial charge in [-0.2, -0.15) is 0 Å². The number of benzene rings is 1. The lowest BCUT2D eigenvalue weighted by molar-refractivity contribution is -0.131. The van der Waals surface area contributed by atoms with Gasteiger partial charge in [-0.15, -0.1) is 0 Å². The number of carbonyl (C=O) groups is 1. The Hall–Kier alpha value is -2.67. The summed E-state index contributed by atoms with van der Waals surface area (Å²) in [5.74, 6) is 2.95. The van der Waals surface area contributed by atoms with Crippen LogP contribution in [0, 0.1) is 0 Å². The molecule has 0 aliphatic carbocycles. The van der Waals surface area contributed by atoms with E-state index in [1.54, 1.807) is 0 Å². The molecule has 7 heteroatoms. The highest BCUT2D eigenvalue weighted by Gasteiger charge is 2.26. The molecule has 5 rings (SSSR count). The summed E-state index contributed by atoms with van der Waals surface area (Å²) in [5, 5.41) is 3.36. The van der Waals surface area contributed by atoms with Crippen LogP contribution in [0.5, 0.6) is 11.5 Å². The lowest BCUT2D eigenvalue weighted by Gasteiger charge is -2.32. The first-order valence-corrected chi connectivity index (χ1v) is 10.5. The average Bonchev–Trinajstić information content (AvgIpc) is 2.79. The summed E-state index contributed by atoms with van der Waals surface area (Å²) < 4.78 is 11.2. The second kappa shape index (κ2) is 7.99. The van der Waals surface area contributed by atoms with Gasteiger partial charge in [0.15, 0.2) is 11.5 Å². The Morgan fingerprint density at radius 1 is 1.17 bits per heavy atom. The van der Waals surface area contributed by atoms with Crippen molar-refractivity contribution in [2.75, 3.05) is 32.8 Å². The van der Waals surface area contributed by atoms with E-state index >= 15 is 0 Å². The minimum atomic E-state index is 0.164. The summed E-state index contributed by atoms with van der Waals surface area (Å²) in [4.78, 5) is 24.2. The maximum absolute atomic E-state index is 12.8. The van der Waals surface area contributed by atoms with Gasteiger partial charge in [0.25, 0.3) is 0 Å². The first-order chi connectivity index (χ1) is 14.3. The van der Waals surface area contributed by atoms with Crippen molar-refractivity contribution in [3.8, 4) is 11.5 Å². The predicted octanol–water partition coefficient (Wildman–Crippen LogP) is 1.84. The highest BCUT2D eigenvalue weighted by atomic mass is 16.6. The summed E-state index contributed by atoms with van der Waals surface area (Å²) in [6.45, 7) is 4.50. The Morgan fingerprint density at radius 2 is 2.00 bits per heavy atom. The topological polar surface area (TPSA) is 76.6 Å². The van der Waals surface area contributed by atoms with Gasteiger partial charge in [-0.25, -0.2) is 9.97 Å².